The number of benzene rings is 2. The summed E-state index contributed by atoms with van der Waals surface area (Å²) in [7, 11) is 2.08. The molecule has 3 aromatic rings. The van der Waals surface area contributed by atoms with Crippen LogP contribution in [0.25, 0.3) is 0 Å². The fourth-order valence-corrected chi connectivity index (χ4v) is 4.63. The Morgan fingerprint density at radius 3 is 2.14 bits per heavy atom. The van der Waals surface area contributed by atoms with E-state index in [1.54, 1.807) is 0 Å². The zero-order chi connectivity index (χ0) is 20.1. The van der Waals surface area contributed by atoms with E-state index in [9.17, 15) is 4.79 Å². The molecule has 2 aromatic carbocycles. The standard InChI is InChI=1S/C26H30N2O/c1-27-18-11-17-24(27)25-16-9-4-10-19-28(25)26(29)20-23(21-12-5-2-6-13-21)22-14-7-3-8-15-22/h2-3,5-8,11-15,17-18,23,25H,4,9-10,16,19-20H2,1H3/t25-/m1/s1. The van der Waals surface area contributed by atoms with Gasteiger partial charge in [-0.3, -0.25) is 4.79 Å². The molecule has 1 aliphatic rings. The minimum absolute atomic E-state index is 0.0854. The third-order valence-electron chi connectivity index (χ3n) is 6.18. The Morgan fingerprint density at radius 1 is 0.897 bits per heavy atom. The number of rotatable bonds is 5. The number of nitrogens with zero attached hydrogens (tertiary/aromatic N) is 2. The first kappa shape index (κ1) is 19.5. The van der Waals surface area contributed by atoms with E-state index in [1.807, 2.05) is 12.1 Å². The molecule has 1 atom stereocenters. The summed E-state index contributed by atoms with van der Waals surface area (Å²) in [5.74, 6) is 0.345. The van der Waals surface area contributed by atoms with Gasteiger partial charge >= 0.3 is 0 Å². The van der Waals surface area contributed by atoms with Crippen molar-refractivity contribution in [1.82, 2.24) is 9.47 Å². The van der Waals surface area contributed by atoms with E-state index in [0.717, 1.165) is 19.4 Å². The van der Waals surface area contributed by atoms with E-state index >= 15 is 0 Å². The van der Waals surface area contributed by atoms with Crippen LogP contribution in [0.4, 0.5) is 0 Å². The Morgan fingerprint density at radius 2 is 1.55 bits per heavy atom. The van der Waals surface area contributed by atoms with E-state index in [2.05, 4.69) is 83.4 Å². The molecular weight excluding hydrogens is 356 g/mol. The average molecular weight is 387 g/mol. The number of carbonyl (C=O) groups excluding carboxylic acids is 1. The second-order valence-electron chi connectivity index (χ2n) is 8.07. The van der Waals surface area contributed by atoms with Gasteiger partial charge in [-0.05, 0) is 36.1 Å². The highest BCUT2D eigenvalue weighted by atomic mass is 16.2. The van der Waals surface area contributed by atoms with Gasteiger partial charge in [-0.15, -0.1) is 0 Å². The first-order valence-electron chi connectivity index (χ1n) is 10.7. The van der Waals surface area contributed by atoms with Crippen molar-refractivity contribution in [2.24, 2.45) is 7.05 Å². The van der Waals surface area contributed by atoms with Crippen molar-refractivity contribution in [2.45, 2.75) is 44.1 Å². The van der Waals surface area contributed by atoms with Gasteiger partial charge in [0.15, 0.2) is 0 Å². The number of carbonyl (C=O) groups is 1. The fourth-order valence-electron chi connectivity index (χ4n) is 4.63. The smallest absolute Gasteiger partial charge is 0.224 e. The lowest BCUT2D eigenvalue weighted by Crippen LogP contribution is -2.36. The summed E-state index contributed by atoms with van der Waals surface area (Å²) in [6.07, 6.45) is 7.11. The summed E-state index contributed by atoms with van der Waals surface area (Å²) in [5, 5.41) is 0. The predicted octanol–water partition coefficient (Wildman–Crippen LogP) is 5.69. The van der Waals surface area contributed by atoms with Crippen LogP contribution in [0.2, 0.25) is 0 Å². The van der Waals surface area contributed by atoms with Crippen LogP contribution < -0.4 is 0 Å². The van der Waals surface area contributed by atoms with Crippen molar-refractivity contribution in [3.8, 4) is 0 Å². The Labute approximate surface area is 174 Å². The largest absolute Gasteiger partial charge is 0.353 e. The number of likely N-dealkylation sites (tertiary alicyclic amines) is 1. The summed E-state index contributed by atoms with van der Waals surface area (Å²) in [4.78, 5) is 15.8. The molecule has 0 N–H and O–H groups in total. The summed E-state index contributed by atoms with van der Waals surface area (Å²) in [6, 6.07) is 25.3. The molecule has 0 spiro atoms. The molecule has 0 radical (unpaired) electrons. The minimum Gasteiger partial charge on any atom is -0.353 e. The lowest BCUT2D eigenvalue weighted by atomic mass is 9.88. The molecular formula is C26H30N2O. The van der Waals surface area contributed by atoms with Crippen LogP contribution in [0.1, 0.15) is 60.9 Å². The van der Waals surface area contributed by atoms with Gasteiger partial charge in [0.2, 0.25) is 5.91 Å². The number of hydrogen-bond donors (Lipinski definition) is 0. The molecule has 3 heteroatoms. The van der Waals surface area contributed by atoms with Gasteiger partial charge in [0.25, 0.3) is 0 Å². The maximum absolute atomic E-state index is 13.6. The van der Waals surface area contributed by atoms with E-state index in [4.69, 9.17) is 0 Å². The molecule has 29 heavy (non-hydrogen) atoms. The summed E-state index contributed by atoms with van der Waals surface area (Å²) >= 11 is 0. The normalized spacial score (nSPS) is 17.3. The van der Waals surface area contributed by atoms with Gasteiger partial charge in [-0.2, -0.15) is 0 Å². The summed E-state index contributed by atoms with van der Waals surface area (Å²) in [6.45, 7) is 0.852. The highest BCUT2D eigenvalue weighted by molar-refractivity contribution is 5.78. The SMILES string of the molecule is Cn1cccc1[C@H]1CCCCCN1C(=O)CC(c1ccccc1)c1ccccc1. The van der Waals surface area contributed by atoms with Crippen LogP contribution in [-0.4, -0.2) is 21.9 Å². The molecule has 0 aliphatic carbocycles. The maximum Gasteiger partial charge on any atom is 0.224 e. The Balaban J connectivity index is 1.63. The first-order valence-corrected chi connectivity index (χ1v) is 10.7. The van der Waals surface area contributed by atoms with E-state index in [-0.39, 0.29) is 17.9 Å². The van der Waals surface area contributed by atoms with Gasteiger partial charge in [0.1, 0.15) is 0 Å². The third-order valence-corrected chi connectivity index (χ3v) is 6.18. The van der Waals surface area contributed by atoms with Crippen molar-refractivity contribution in [1.29, 1.82) is 0 Å². The highest BCUT2D eigenvalue weighted by Crippen LogP contribution is 2.34. The molecule has 2 heterocycles. The Kier molecular flexibility index (Phi) is 6.14. The van der Waals surface area contributed by atoms with Gasteiger partial charge in [-0.25, -0.2) is 0 Å². The van der Waals surface area contributed by atoms with E-state index < -0.39 is 0 Å². The Hall–Kier alpha value is -2.81. The zero-order valence-corrected chi connectivity index (χ0v) is 17.2. The molecule has 1 aromatic heterocycles. The molecule has 150 valence electrons. The monoisotopic (exact) mass is 386 g/mol. The van der Waals surface area contributed by atoms with Crippen molar-refractivity contribution < 1.29 is 4.79 Å². The van der Waals surface area contributed by atoms with Crippen LogP contribution in [0, 0.1) is 0 Å². The minimum atomic E-state index is 0.0854. The van der Waals surface area contributed by atoms with Crippen LogP contribution in [0.15, 0.2) is 79.0 Å². The molecule has 4 rings (SSSR count). The Bertz CT molecular complexity index is 877. The number of aryl methyl sites for hydroxylation is 1. The predicted molar refractivity (Wildman–Crippen MR) is 118 cm³/mol. The third kappa shape index (κ3) is 4.45. The number of aromatic nitrogens is 1. The molecule has 1 aliphatic heterocycles. The topological polar surface area (TPSA) is 25.2 Å². The van der Waals surface area contributed by atoms with Gasteiger partial charge in [0, 0.05) is 37.8 Å². The molecule has 1 amide bonds. The zero-order valence-electron chi connectivity index (χ0n) is 17.2. The second-order valence-corrected chi connectivity index (χ2v) is 8.07. The second kappa shape index (κ2) is 9.13. The lowest BCUT2D eigenvalue weighted by Gasteiger charge is -2.32. The van der Waals surface area contributed by atoms with Gasteiger partial charge < -0.3 is 9.47 Å². The van der Waals surface area contributed by atoms with Crippen LogP contribution >= 0.6 is 0 Å². The van der Waals surface area contributed by atoms with Crippen molar-refractivity contribution in [3.05, 3.63) is 95.8 Å². The maximum atomic E-state index is 13.6. The van der Waals surface area contributed by atoms with E-state index in [0.29, 0.717) is 6.42 Å². The average Bonchev–Trinajstić information content (AvgIpc) is 3.04. The molecule has 0 bridgehead atoms. The fraction of sp³-hybridized carbons (Fsp3) is 0.346. The highest BCUT2D eigenvalue weighted by Gasteiger charge is 2.30. The first-order chi connectivity index (χ1) is 14.2. The quantitative estimate of drug-likeness (QED) is 0.553. The molecule has 1 saturated heterocycles. The molecule has 0 saturated carbocycles. The van der Waals surface area contributed by atoms with Crippen molar-refractivity contribution >= 4 is 5.91 Å². The van der Waals surface area contributed by atoms with Crippen molar-refractivity contribution in [3.63, 3.8) is 0 Å². The van der Waals surface area contributed by atoms with Crippen molar-refractivity contribution in [2.75, 3.05) is 6.54 Å². The number of amides is 1. The van der Waals surface area contributed by atoms with Crippen LogP contribution in [0.3, 0.4) is 0 Å². The molecule has 0 unspecified atom stereocenters. The molecule has 1 fully saturated rings. The summed E-state index contributed by atoms with van der Waals surface area (Å²) in [5.41, 5.74) is 3.66. The lowest BCUT2D eigenvalue weighted by molar-refractivity contribution is -0.134. The van der Waals surface area contributed by atoms with Gasteiger partial charge in [0.05, 0.1) is 6.04 Å². The van der Waals surface area contributed by atoms with E-state index in [1.165, 1.54) is 29.7 Å². The van der Waals surface area contributed by atoms with Crippen LogP contribution in [-0.2, 0) is 11.8 Å². The molecule has 3 nitrogen and oxygen atoms in total. The van der Waals surface area contributed by atoms with Gasteiger partial charge in [-0.1, -0.05) is 73.5 Å². The number of hydrogen-bond acceptors (Lipinski definition) is 1. The summed E-state index contributed by atoms with van der Waals surface area (Å²) < 4.78 is 2.17. The van der Waals surface area contributed by atoms with Crippen LogP contribution in [0.5, 0.6) is 0 Å².